The molecule has 174 valence electrons. The Morgan fingerprint density at radius 3 is 2.91 bits per heavy atom. The Kier molecular flexibility index (Phi) is 6.93. The highest BCUT2D eigenvalue weighted by Gasteiger charge is 2.25. The molecule has 0 unspecified atom stereocenters. The summed E-state index contributed by atoms with van der Waals surface area (Å²) in [5.41, 5.74) is 4.60. The van der Waals surface area contributed by atoms with Gasteiger partial charge in [-0.15, -0.1) is 6.58 Å². The molecule has 1 amide bonds. The first kappa shape index (κ1) is 22.8. The molecule has 3 aromatic rings. The van der Waals surface area contributed by atoms with Crippen molar-refractivity contribution < 1.29 is 19.0 Å². The van der Waals surface area contributed by atoms with E-state index < -0.39 is 18.2 Å². The van der Waals surface area contributed by atoms with Crippen LogP contribution in [0.4, 0.5) is 14.9 Å². The highest BCUT2D eigenvalue weighted by atomic mass is 19.1. The molecular weight excluding hydrogens is 423 g/mol. The normalized spacial score (nSPS) is 14.7. The molecule has 7 nitrogen and oxygen atoms in total. The standard InChI is InChI=1S/C25H29FN4O3/c1-17(2)11-21(14-30-16-27-22-5-3-4-6-24(22)30)33-25(32)28-20(15-31)13-29-10-9-18-12-19(26)7-8-23(18)29/h3-8,12,16,20-21,31H,1,9-11,13-15H2,2H3,(H,28,32)/t20-,21+/m1/s1. The molecule has 4 rings (SSSR count). The number of aliphatic hydroxyl groups excluding tert-OH is 1. The highest BCUT2D eigenvalue weighted by molar-refractivity contribution is 5.75. The number of anilines is 1. The van der Waals surface area contributed by atoms with Crippen molar-refractivity contribution in [2.24, 2.45) is 0 Å². The molecule has 33 heavy (non-hydrogen) atoms. The Hall–Kier alpha value is -3.39. The van der Waals surface area contributed by atoms with Gasteiger partial charge in [0, 0.05) is 25.2 Å². The van der Waals surface area contributed by atoms with Crippen molar-refractivity contribution in [3.63, 3.8) is 0 Å². The predicted octanol–water partition coefficient (Wildman–Crippen LogP) is 3.66. The van der Waals surface area contributed by atoms with Crippen molar-refractivity contribution in [1.82, 2.24) is 14.9 Å². The van der Waals surface area contributed by atoms with Crippen LogP contribution in [0.1, 0.15) is 18.9 Å². The van der Waals surface area contributed by atoms with Crippen LogP contribution >= 0.6 is 0 Å². The van der Waals surface area contributed by atoms with E-state index in [-0.39, 0.29) is 12.4 Å². The summed E-state index contributed by atoms with van der Waals surface area (Å²) < 4.78 is 21.2. The molecule has 0 radical (unpaired) electrons. The Bertz CT molecular complexity index is 1150. The SMILES string of the molecule is C=C(C)C[C@@H](Cn1cnc2ccccc21)OC(=O)N[C@@H](CO)CN1CCc2cc(F)ccc21. The summed E-state index contributed by atoms with van der Waals surface area (Å²) in [6.07, 6.45) is 1.95. The molecule has 2 atom stereocenters. The van der Waals surface area contributed by atoms with Gasteiger partial charge in [0.25, 0.3) is 0 Å². The second-order valence-corrected chi connectivity index (χ2v) is 8.57. The summed E-state index contributed by atoms with van der Waals surface area (Å²) in [5.74, 6) is -0.259. The minimum absolute atomic E-state index is 0.237. The van der Waals surface area contributed by atoms with E-state index in [1.54, 1.807) is 12.4 Å². The quantitative estimate of drug-likeness (QED) is 0.485. The number of ether oxygens (including phenoxy) is 1. The van der Waals surface area contributed by atoms with Crippen LogP contribution in [0.5, 0.6) is 0 Å². The fourth-order valence-corrected chi connectivity index (χ4v) is 4.30. The summed E-state index contributed by atoms with van der Waals surface area (Å²) >= 11 is 0. The van der Waals surface area contributed by atoms with E-state index in [2.05, 4.69) is 16.9 Å². The van der Waals surface area contributed by atoms with Crippen LogP contribution < -0.4 is 10.2 Å². The fraction of sp³-hybridized carbons (Fsp3) is 0.360. The van der Waals surface area contributed by atoms with Gasteiger partial charge >= 0.3 is 6.09 Å². The number of carbonyl (C=O) groups excluding carboxylic acids is 1. The summed E-state index contributed by atoms with van der Waals surface area (Å²) in [4.78, 5) is 19.1. The number of carbonyl (C=O) groups is 1. The van der Waals surface area contributed by atoms with Crippen LogP contribution in [0, 0.1) is 5.82 Å². The van der Waals surface area contributed by atoms with Gasteiger partial charge in [0.1, 0.15) is 11.9 Å². The van der Waals surface area contributed by atoms with Crippen molar-refractivity contribution in [2.45, 2.75) is 38.5 Å². The summed E-state index contributed by atoms with van der Waals surface area (Å²) in [5, 5.41) is 12.6. The number of halogens is 1. The Morgan fingerprint density at radius 1 is 1.30 bits per heavy atom. The summed E-state index contributed by atoms with van der Waals surface area (Å²) in [6, 6.07) is 12.0. The number of benzene rings is 2. The van der Waals surface area contributed by atoms with Gasteiger partial charge in [-0.1, -0.05) is 17.7 Å². The third kappa shape index (κ3) is 5.51. The zero-order valence-corrected chi connectivity index (χ0v) is 18.7. The van der Waals surface area contributed by atoms with E-state index in [1.165, 1.54) is 12.1 Å². The van der Waals surface area contributed by atoms with E-state index in [0.717, 1.165) is 34.3 Å². The number of amides is 1. The van der Waals surface area contributed by atoms with Crippen molar-refractivity contribution in [2.75, 3.05) is 24.6 Å². The van der Waals surface area contributed by atoms with Gasteiger partial charge in [-0.3, -0.25) is 0 Å². The number of aromatic nitrogens is 2. The largest absolute Gasteiger partial charge is 0.444 e. The van der Waals surface area contributed by atoms with Gasteiger partial charge in [-0.25, -0.2) is 14.2 Å². The number of imidazole rings is 1. The lowest BCUT2D eigenvalue weighted by Crippen LogP contribution is -2.46. The second kappa shape index (κ2) is 10.0. The van der Waals surface area contributed by atoms with E-state index in [4.69, 9.17) is 4.74 Å². The van der Waals surface area contributed by atoms with Crippen LogP contribution in [-0.2, 0) is 17.7 Å². The monoisotopic (exact) mass is 452 g/mol. The number of nitrogens with one attached hydrogen (secondary N) is 1. The minimum atomic E-state index is -0.594. The number of nitrogens with zero attached hydrogens (tertiary/aromatic N) is 3. The molecule has 0 spiro atoms. The fourth-order valence-electron chi connectivity index (χ4n) is 4.30. The van der Waals surface area contributed by atoms with Crippen LogP contribution in [0.25, 0.3) is 11.0 Å². The van der Waals surface area contributed by atoms with Crippen LogP contribution in [-0.4, -0.2) is 52.6 Å². The smallest absolute Gasteiger partial charge is 0.407 e. The third-order valence-corrected chi connectivity index (χ3v) is 5.79. The lowest BCUT2D eigenvalue weighted by Gasteiger charge is -2.26. The van der Waals surface area contributed by atoms with Crippen molar-refractivity contribution in [3.05, 3.63) is 72.3 Å². The molecule has 2 aromatic carbocycles. The van der Waals surface area contributed by atoms with Gasteiger partial charge in [0.2, 0.25) is 0 Å². The molecule has 2 heterocycles. The summed E-state index contributed by atoms with van der Waals surface area (Å²) in [7, 11) is 0. The summed E-state index contributed by atoms with van der Waals surface area (Å²) in [6.45, 7) is 7.16. The van der Waals surface area contributed by atoms with Crippen molar-refractivity contribution in [3.8, 4) is 0 Å². The molecule has 0 saturated carbocycles. The zero-order valence-electron chi connectivity index (χ0n) is 18.7. The predicted molar refractivity (Wildman–Crippen MR) is 126 cm³/mol. The van der Waals surface area contributed by atoms with Crippen LogP contribution in [0.2, 0.25) is 0 Å². The first-order valence-electron chi connectivity index (χ1n) is 11.1. The maximum Gasteiger partial charge on any atom is 0.407 e. The van der Waals surface area contributed by atoms with Gasteiger partial charge in [0.05, 0.1) is 36.6 Å². The van der Waals surface area contributed by atoms with E-state index in [1.807, 2.05) is 40.7 Å². The number of para-hydroxylation sites is 2. The topological polar surface area (TPSA) is 79.6 Å². The lowest BCUT2D eigenvalue weighted by atomic mass is 10.1. The average Bonchev–Trinajstić information content (AvgIpc) is 3.36. The first-order chi connectivity index (χ1) is 15.9. The second-order valence-electron chi connectivity index (χ2n) is 8.57. The lowest BCUT2D eigenvalue weighted by molar-refractivity contribution is 0.0824. The van der Waals surface area contributed by atoms with Gasteiger partial charge in [0.15, 0.2) is 0 Å². The molecule has 0 saturated heterocycles. The number of hydrogen-bond acceptors (Lipinski definition) is 5. The molecule has 1 aliphatic heterocycles. The molecule has 0 bridgehead atoms. The molecule has 8 heteroatoms. The maximum absolute atomic E-state index is 13.5. The Labute approximate surface area is 192 Å². The van der Waals surface area contributed by atoms with Crippen LogP contribution in [0.3, 0.4) is 0 Å². The number of alkyl carbamates (subject to hydrolysis) is 1. The number of rotatable bonds is 9. The van der Waals surface area contributed by atoms with Crippen molar-refractivity contribution in [1.29, 1.82) is 0 Å². The number of aliphatic hydroxyl groups is 1. The van der Waals surface area contributed by atoms with Gasteiger partial charge in [-0.2, -0.15) is 0 Å². The highest BCUT2D eigenvalue weighted by Crippen LogP contribution is 2.28. The van der Waals surface area contributed by atoms with E-state index >= 15 is 0 Å². The average molecular weight is 453 g/mol. The maximum atomic E-state index is 13.5. The van der Waals surface area contributed by atoms with Gasteiger partial charge in [-0.05, 0) is 49.2 Å². The molecule has 0 aliphatic carbocycles. The van der Waals surface area contributed by atoms with Crippen molar-refractivity contribution >= 4 is 22.8 Å². The molecular formula is C25H29FN4O3. The van der Waals surface area contributed by atoms with E-state index in [0.29, 0.717) is 26.1 Å². The molecule has 1 aliphatic rings. The molecule has 0 fully saturated rings. The zero-order chi connectivity index (χ0) is 23.4. The van der Waals surface area contributed by atoms with Crippen LogP contribution in [0.15, 0.2) is 60.9 Å². The van der Waals surface area contributed by atoms with E-state index in [9.17, 15) is 14.3 Å². The third-order valence-electron chi connectivity index (χ3n) is 5.79. The number of fused-ring (bicyclic) bond motifs is 2. The first-order valence-corrected chi connectivity index (χ1v) is 11.1. The Balaban J connectivity index is 1.38. The molecule has 2 N–H and O–H groups in total. The van der Waals surface area contributed by atoms with Gasteiger partial charge < -0.3 is 24.6 Å². The Morgan fingerprint density at radius 2 is 2.12 bits per heavy atom. The molecule has 1 aromatic heterocycles. The number of hydrogen-bond donors (Lipinski definition) is 2. The minimum Gasteiger partial charge on any atom is -0.444 e.